The second-order valence-corrected chi connectivity index (χ2v) is 6.88. The van der Waals surface area contributed by atoms with Crippen LogP contribution in [0.1, 0.15) is 18.4 Å². The molecule has 1 aromatic heterocycles. The van der Waals surface area contributed by atoms with Crippen molar-refractivity contribution in [1.82, 2.24) is 9.78 Å². The molecule has 0 atom stereocenters. The first-order valence-corrected chi connectivity index (χ1v) is 9.57. The molecule has 2 heterocycles. The fraction of sp³-hybridized carbons (Fsp3) is 0.227. The molecule has 0 radical (unpaired) electrons. The minimum atomic E-state index is -0.236. The molecular weight excluding hydrogens is 368 g/mol. The third-order valence-corrected chi connectivity index (χ3v) is 4.71. The van der Waals surface area contributed by atoms with Crippen LogP contribution >= 0.6 is 0 Å². The zero-order valence-electron chi connectivity index (χ0n) is 16.0. The number of anilines is 2. The summed E-state index contributed by atoms with van der Waals surface area (Å²) in [6, 6.07) is 16.8. The highest BCUT2D eigenvalue weighted by Crippen LogP contribution is 2.24. The Kier molecular flexibility index (Phi) is 5.56. The topological polar surface area (TPSA) is 76.5 Å². The molecule has 29 heavy (non-hydrogen) atoms. The van der Waals surface area contributed by atoms with Crippen LogP contribution in [0, 0.1) is 0 Å². The summed E-state index contributed by atoms with van der Waals surface area (Å²) in [6.07, 6.45) is 5.12. The van der Waals surface area contributed by atoms with Crippen molar-refractivity contribution in [2.45, 2.75) is 19.4 Å². The van der Waals surface area contributed by atoms with E-state index in [9.17, 15) is 9.59 Å². The summed E-state index contributed by atoms with van der Waals surface area (Å²) in [5.41, 5.74) is 2.61. The molecule has 2 amide bonds. The van der Waals surface area contributed by atoms with Gasteiger partial charge in [0.15, 0.2) is 6.61 Å². The van der Waals surface area contributed by atoms with E-state index in [0.29, 0.717) is 24.4 Å². The molecule has 1 N–H and O–H groups in total. The van der Waals surface area contributed by atoms with Crippen LogP contribution in [0.25, 0.3) is 0 Å². The van der Waals surface area contributed by atoms with E-state index in [4.69, 9.17) is 4.74 Å². The first-order chi connectivity index (χ1) is 14.2. The number of amides is 2. The summed E-state index contributed by atoms with van der Waals surface area (Å²) in [4.78, 5) is 25.8. The van der Waals surface area contributed by atoms with E-state index in [2.05, 4.69) is 10.4 Å². The Morgan fingerprint density at radius 1 is 1.14 bits per heavy atom. The van der Waals surface area contributed by atoms with Gasteiger partial charge in [0.1, 0.15) is 5.75 Å². The Labute approximate surface area is 168 Å². The molecule has 7 nitrogen and oxygen atoms in total. The molecule has 148 valence electrons. The lowest BCUT2D eigenvalue weighted by Crippen LogP contribution is -2.23. The van der Waals surface area contributed by atoms with Gasteiger partial charge in [-0.05, 0) is 54.4 Å². The number of carbonyl (C=O) groups is 2. The number of nitrogens with zero attached hydrogens (tertiary/aromatic N) is 3. The van der Waals surface area contributed by atoms with Crippen LogP contribution in [-0.2, 0) is 16.1 Å². The van der Waals surface area contributed by atoms with E-state index in [1.807, 2.05) is 53.3 Å². The molecule has 0 bridgehead atoms. The Morgan fingerprint density at radius 2 is 2.00 bits per heavy atom. The lowest BCUT2D eigenvalue weighted by Gasteiger charge is -2.16. The van der Waals surface area contributed by atoms with E-state index >= 15 is 0 Å². The van der Waals surface area contributed by atoms with Crippen LogP contribution in [0.2, 0.25) is 0 Å². The van der Waals surface area contributed by atoms with Gasteiger partial charge in [0.05, 0.1) is 6.54 Å². The Hall–Kier alpha value is -3.61. The third kappa shape index (κ3) is 4.82. The van der Waals surface area contributed by atoms with Crippen molar-refractivity contribution in [1.29, 1.82) is 0 Å². The molecule has 0 aliphatic carbocycles. The molecule has 1 saturated heterocycles. The van der Waals surface area contributed by atoms with Crippen molar-refractivity contribution in [2.75, 3.05) is 23.4 Å². The van der Waals surface area contributed by atoms with Gasteiger partial charge in [-0.15, -0.1) is 0 Å². The Morgan fingerprint density at radius 3 is 2.72 bits per heavy atom. The number of carbonyl (C=O) groups excluding carboxylic acids is 2. The number of benzene rings is 2. The predicted octanol–water partition coefficient (Wildman–Crippen LogP) is 3.08. The van der Waals surface area contributed by atoms with Crippen molar-refractivity contribution >= 4 is 23.2 Å². The molecule has 0 spiro atoms. The van der Waals surface area contributed by atoms with Crippen LogP contribution in [0.3, 0.4) is 0 Å². The number of rotatable bonds is 7. The fourth-order valence-electron chi connectivity index (χ4n) is 3.32. The molecule has 3 aromatic rings. The first kappa shape index (κ1) is 18.7. The number of nitrogens with one attached hydrogen (secondary N) is 1. The summed E-state index contributed by atoms with van der Waals surface area (Å²) >= 11 is 0. The van der Waals surface area contributed by atoms with Crippen LogP contribution < -0.4 is 15.0 Å². The molecule has 0 saturated carbocycles. The van der Waals surface area contributed by atoms with Gasteiger partial charge in [0.2, 0.25) is 5.91 Å². The van der Waals surface area contributed by atoms with E-state index in [-0.39, 0.29) is 18.4 Å². The average molecular weight is 390 g/mol. The van der Waals surface area contributed by atoms with E-state index in [1.165, 1.54) is 0 Å². The van der Waals surface area contributed by atoms with Gasteiger partial charge in [-0.2, -0.15) is 5.10 Å². The molecular formula is C22H22N4O3. The van der Waals surface area contributed by atoms with Gasteiger partial charge < -0.3 is 15.0 Å². The van der Waals surface area contributed by atoms with Gasteiger partial charge in [-0.3, -0.25) is 14.3 Å². The lowest BCUT2D eigenvalue weighted by molar-refractivity contribution is -0.118. The normalized spacial score (nSPS) is 13.5. The van der Waals surface area contributed by atoms with Crippen molar-refractivity contribution < 1.29 is 14.3 Å². The summed E-state index contributed by atoms with van der Waals surface area (Å²) < 4.78 is 7.39. The molecule has 1 fully saturated rings. The molecule has 1 aliphatic heterocycles. The third-order valence-electron chi connectivity index (χ3n) is 4.71. The smallest absolute Gasteiger partial charge is 0.262 e. The van der Waals surface area contributed by atoms with Crippen molar-refractivity contribution in [3.05, 3.63) is 72.6 Å². The summed E-state index contributed by atoms with van der Waals surface area (Å²) in [5.74, 6) is 0.496. The zero-order valence-corrected chi connectivity index (χ0v) is 16.0. The van der Waals surface area contributed by atoms with Gasteiger partial charge in [0.25, 0.3) is 5.91 Å². The molecule has 7 heteroatoms. The maximum Gasteiger partial charge on any atom is 0.262 e. The number of ether oxygens (including phenoxy) is 1. The molecule has 2 aromatic carbocycles. The Bertz CT molecular complexity index is 984. The van der Waals surface area contributed by atoms with Crippen molar-refractivity contribution in [3.8, 4) is 5.75 Å². The van der Waals surface area contributed by atoms with Crippen molar-refractivity contribution in [2.24, 2.45) is 0 Å². The summed E-state index contributed by atoms with van der Waals surface area (Å²) in [6.45, 7) is 1.30. The fourth-order valence-corrected chi connectivity index (χ4v) is 3.32. The zero-order chi connectivity index (χ0) is 20.1. The highest BCUT2D eigenvalue weighted by Gasteiger charge is 2.21. The maximum atomic E-state index is 12.2. The van der Waals surface area contributed by atoms with E-state index in [1.54, 1.807) is 23.2 Å². The highest BCUT2D eigenvalue weighted by atomic mass is 16.5. The van der Waals surface area contributed by atoms with Gasteiger partial charge in [-0.25, -0.2) is 0 Å². The molecule has 4 rings (SSSR count). The van der Waals surface area contributed by atoms with Crippen LogP contribution in [0.4, 0.5) is 11.4 Å². The van der Waals surface area contributed by atoms with E-state index < -0.39 is 0 Å². The molecule has 1 aliphatic rings. The maximum absolute atomic E-state index is 12.2. The summed E-state index contributed by atoms with van der Waals surface area (Å²) in [5, 5.41) is 7.04. The number of aromatic nitrogens is 2. The molecule has 0 unspecified atom stereocenters. The van der Waals surface area contributed by atoms with Gasteiger partial charge in [-0.1, -0.05) is 12.1 Å². The second kappa shape index (κ2) is 8.60. The number of hydrogen-bond donors (Lipinski definition) is 1. The monoisotopic (exact) mass is 390 g/mol. The largest absolute Gasteiger partial charge is 0.484 e. The predicted molar refractivity (Wildman–Crippen MR) is 110 cm³/mol. The van der Waals surface area contributed by atoms with Crippen LogP contribution in [0.5, 0.6) is 5.75 Å². The van der Waals surface area contributed by atoms with Crippen LogP contribution in [0.15, 0.2) is 67.0 Å². The standard InChI is InChI=1S/C22H22N4O3/c27-21(24-18-5-1-4-17(14-18)15-25-12-3-11-23-25)16-29-20-9-7-19(8-10-20)26-13-2-6-22(26)28/h1,3-5,7-12,14H,2,6,13,15-16H2,(H,24,27). The highest BCUT2D eigenvalue weighted by molar-refractivity contribution is 5.95. The van der Waals surface area contributed by atoms with Gasteiger partial charge in [0, 0.05) is 36.7 Å². The summed E-state index contributed by atoms with van der Waals surface area (Å²) in [7, 11) is 0. The van der Waals surface area contributed by atoms with E-state index in [0.717, 1.165) is 24.2 Å². The minimum Gasteiger partial charge on any atom is -0.484 e. The lowest BCUT2D eigenvalue weighted by atomic mass is 10.2. The SMILES string of the molecule is O=C(COc1ccc(N2CCCC2=O)cc1)Nc1cccc(Cn2cccn2)c1. The second-order valence-electron chi connectivity index (χ2n) is 6.88. The average Bonchev–Trinajstić information content (AvgIpc) is 3.39. The number of hydrogen-bond acceptors (Lipinski definition) is 4. The first-order valence-electron chi connectivity index (χ1n) is 9.57. The quantitative estimate of drug-likeness (QED) is 0.673. The minimum absolute atomic E-state index is 0.0919. The van der Waals surface area contributed by atoms with Crippen LogP contribution in [-0.4, -0.2) is 34.7 Å². The Balaban J connectivity index is 1.29. The van der Waals surface area contributed by atoms with Gasteiger partial charge >= 0.3 is 0 Å². The van der Waals surface area contributed by atoms with Crippen molar-refractivity contribution in [3.63, 3.8) is 0 Å².